The Morgan fingerprint density at radius 2 is 1.64 bits per heavy atom. The number of nitrogens with one attached hydrogen (secondary N) is 3. The van der Waals surface area contributed by atoms with Crippen molar-refractivity contribution in [2.24, 2.45) is 0 Å². The van der Waals surface area contributed by atoms with Gasteiger partial charge in [0.1, 0.15) is 6.42 Å². The lowest BCUT2D eigenvalue weighted by molar-refractivity contribution is -0.128. The Balaban J connectivity index is 1.23. The summed E-state index contributed by atoms with van der Waals surface area (Å²) in [4.78, 5) is 52.6. The van der Waals surface area contributed by atoms with Gasteiger partial charge in [-0.15, -0.1) is 0 Å². The van der Waals surface area contributed by atoms with Crippen LogP contribution in [0.25, 0.3) is 11.3 Å². The highest BCUT2D eigenvalue weighted by molar-refractivity contribution is 6.37. The fourth-order valence-corrected chi connectivity index (χ4v) is 5.52. The van der Waals surface area contributed by atoms with Crippen LogP contribution in [0.1, 0.15) is 39.0 Å². The third-order valence-electron chi connectivity index (χ3n) is 7.69. The number of fused-ring (bicyclic) bond motifs is 2. The van der Waals surface area contributed by atoms with Gasteiger partial charge in [-0.3, -0.25) is 14.4 Å². The van der Waals surface area contributed by atoms with Gasteiger partial charge in [0.2, 0.25) is 11.8 Å². The molecule has 0 fully saturated rings. The summed E-state index contributed by atoms with van der Waals surface area (Å²) in [5, 5.41) is 9.15. The number of anilines is 3. The fourth-order valence-electron chi connectivity index (χ4n) is 5.52. The molecule has 2 heterocycles. The number of nitrogens with zero attached hydrogens (tertiary/aromatic N) is 1. The fraction of sp³-hybridized carbons (Fsp3) is 0.143. The third-order valence-corrected chi connectivity index (χ3v) is 7.69. The molecule has 4 aromatic rings. The summed E-state index contributed by atoms with van der Waals surface area (Å²) in [6.45, 7) is 0.849. The van der Waals surface area contributed by atoms with Crippen LogP contribution in [0, 0.1) is 0 Å². The number of hydrogen-bond acceptors (Lipinski definition) is 6. The van der Waals surface area contributed by atoms with Crippen molar-refractivity contribution < 1.29 is 23.9 Å². The zero-order valence-corrected chi connectivity index (χ0v) is 24.1. The molecule has 6 rings (SSSR count). The summed E-state index contributed by atoms with van der Waals surface area (Å²) in [5.41, 5.74) is 6.84. The first kappa shape index (κ1) is 28.4. The van der Waals surface area contributed by atoms with Crippen molar-refractivity contribution in [3.63, 3.8) is 0 Å². The standard InChI is InChI=1S/C35H30N4O5/c1-44-35(43)25-12-14-27-28(19-25)38-34(42)32(27)33(23-10-6-3-7-11-23)37-26-13-15-29-24(18-26)16-17-39(29)31(41)20-30(40)36-21-22-8-4-2-5-9-22/h2-15,18-19,37H,16-17,20-21H2,1H3,(H,36,40)(H,38,42)/b33-32-. The smallest absolute Gasteiger partial charge is 0.337 e. The molecule has 0 bridgehead atoms. The lowest BCUT2D eigenvalue weighted by Crippen LogP contribution is -2.34. The molecule has 0 radical (unpaired) electrons. The van der Waals surface area contributed by atoms with Gasteiger partial charge in [-0.2, -0.15) is 0 Å². The lowest BCUT2D eigenvalue weighted by atomic mass is 9.99. The number of carbonyl (C=O) groups is 4. The van der Waals surface area contributed by atoms with Gasteiger partial charge in [0.15, 0.2) is 0 Å². The maximum Gasteiger partial charge on any atom is 0.337 e. The summed E-state index contributed by atoms with van der Waals surface area (Å²) < 4.78 is 4.83. The minimum atomic E-state index is -0.487. The summed E-state index contributed by atoms with van der Waals surface area (Å²) >= 11 is 0. The summed E-state index contributed by atoms with van der Waals surface area (Å²) in [7, 11) is 1.31. The van der Waals surface area contributed by atoms with E-state index in [-0.39, 0.29) is 24.1 Å². The number of rotatable bonds is 8. The van der Waals surface area contributed by atoms with Crippen LogP contribution >= 0.6 is 0 Å². The van der Waals surface area contributed by atoms with E-state index < -0.39 is 5.97 Å². The van der Waals surface area contributed by atoms with Crippen LogP contribution in [0.5, 0.6) is 0 Å². The molecule has 4 aromatic carbocycles. The van der Waals surface area contributed by atoms with Crippen molar-refractivity contribution in [2.75, 3.05) is 29.2 Å². The molecule has 3 N–H and O–H groups in total. The number of benzene rings is 4. The predicted octanol–water partition coefficient (Wildman–Crippen LogP) is 5.00. The van der Waals surface area contributed by atoms with Gasteiger partial charge in [0.05, 0.1) is 29.6 Å². The van der Waals surface area contributed by atoms with Crippen molar-refractivity contribution in [3.05, 3.63) is 125 Å². The molecule has 9 nitrogen and oxygen atoms in total. The minimum absolute atomic E-state index is 0.233. The van der Waals surface area contributed by atoms with Crippen molar-refractivity contribution in [3.8, 4) is 0 Å². The minimum Gasteiger partial charge on any atom is -0.465 e. The number of esters is 1. The Morgan fingerprint density at radius 3 is 2.39 bits per heavy atom. The summed E-state index contributed by atoms with van der Waals surface area (Å²) in [6, 6.07) is 29.8. The van der Waals surface area contributed by atoms with Crippen LogP contribution < -0.4 is 20.9 Å². The second-order valence-corrected chi connectivity index (χ2v) is 10.5. The topological polar surface area (TPSA) is 117 Å². The first-order valence-corrected chi connectivity index (χ1v) is 14.3. The highest BCUT2D eigenvalue weighted by atomic mass is 16.5. The number of amides is 3. The quantitative estimate of drug-likeness (QED) is 0.152. The van der Waals surface area contributed by atoms with Gasteiger partial charge in [0, 0.05) is 30.0 Å². The van der Waals surface area contributed by atoms with Crippen molar-refractivity contribution in [1.29, 1.82) is 0 Å². The number of methoxy groups -OCH3 is 1. The van der Waals surface area contributed by atoms with Gasteiger partial charge in [-0.05, 0) is 53.4 Å². The van der Waals surface area contributed by atoms with E-state index in [4.69, 9.17) is 4.74 Å². The van der Waals surface area contributed by atoms with Gasteiger partial charge in [0.25, 0.3) is 5.91 Å². The van der Waals surface area contributed by atoms with E-state index in [2.05, 4.69) is 16.0 Å². The summed E-state index contributed by atoms with van der Waals surface area (Å²) in [6.07, 6.45) is 0.405. The van der Waals surface area contributed by atoms with E-state index in [1.165, 1.54) is 7.11 Å². The Morgan fingerprint density at radius 1 is 0.886 bits per heavy atom. The SMILES string of the molecule is COC(=O)c1ccc2c(c1)NC(=O)/C2=C(\Nc1ccc2c(c1)CCN2C(=O)CC(=O)NCc1ccccc1)c1ccccc1. The number of hydrogen-bond donors (Lipinski definition) is 3. The second kappa shape index (κ2) is 12.3. The van der Waals surface area contributed by atoms with E-state index in [0.717, 1.165) is 28.1 Å². The van der Waals surface area contributed by atoms with E-state index >= 15 is 0 Å². The largest absolute Gasteiger partial charge is 0.465 e. The van der Waals surface area contributed by atoms with E-state index in [0.29, 0.717) is 47.6 Å². The van der Waals surface area contributed by atoms with Crippen molar-refractivity contribution in [1.82, 2.24) is 5.32 Å². The Kier molecular flexibility index (Phi) is 7.92. The molecule has 2 aliphatic rings. The Labute approximate surface area is 254 Å². The molecule has 0 saturated carbocycles. The Bertz CT molecular complexity index is 1800. The zero-order valence-electron chi connectivity index (χ0n) is 24.1. The molecule has 0 aliphatic carbocycles. The van der Waals surface area contributed by atoms with Crippen LogP contribution in [0.2, 0.25) is 0 Å². The molecular formula is C35H30N4O5. The van der Waals surface area contributed by atoms with Crippen molar-refractivity contribution in [2.45, 2.75) is 19.4 Å². The van der Waals surface area contributed by atoms with Gasteiger partial charge >= 0.3 is 5.97 Å². The molecule has 0 aromatic heterocycles. The third kappa shape index (κ3) is 5.80. The van der Waals surface area contributed by atoms with E-state index in [1.807, 2.05) is 78.9 Å². The average Bonchev–Trinajstić information content (AvgIpc) is 3.62. The molecule has 0 atom stereocenters. The summed E-state index contributed by atoms with van der Waals surface area (Å²) in [5.74, 6) is -1.36. The van der Waals surface area contributed by atoms with Crippen LogP contribution in [-0.4, -0.2) is 37.3 Å². The molecule has 44 heavy (non-hydrogen) atoms. The van der Waals surface area contributed by atoms with Crippen LogP contribution in [0.15, 0.2) is 97.1 Å². The van der Waals surface area contributed by atoms with Gasteiger partial charge in [-0.1, -0.05) is 66.7 Å². The first-order valence-electron chi connectivity index (χ1n) is 14.3. The highest BCUT2D eigenvalue weighted by Gasteiger charge is 2.30. The van der Waals surface area contributed by atoms with Crippen LogP contribution in [0.3, 0.4) is 0 Å². The molecule has 9 heteroatoms. The Hall–Kier alpha value is -5.70. The zero-order chi connectivity index (χ0) is 30.6. The van der Waals surface area contributed by atoms with Gasteiger partial charge < -0.3 is 25.6 Å². The number of ether oxygens (including phenoxy) is 1. The highest BCUT2D eigenvalue weighted by Crippen LogP contribution is 2.39. The average molecular weight is 587 g/mol. The van der Waals surface area contributed by atoms with Crippen molar-refractivity contribution >= 4 is 52.0 Å². The second-order valence-electron chi connectivity index (χ2n) is 10.5. The first-order chi connectivity index (χ1) is 21.4. The molecular weight excluding hydrogens is 556 g/mol. The monoisotopic (exact) mass is 586 g/mol. The molecule has 0 spiro atoms. The van der Waals surface area contributed by atoms with E-state index in [9.17, 15) is 19.2 Å². The lowest BCUT2D eigenvalue weighted by Gasteiger charge is -2.19. The molecule has 2 aliphatic heterocycles. The molecule has 0 saturated heterocycles. The van der Waals surface area contributed by atoms with Crippen LogP contribution in [-0.2, 0) is 32.1 Å². The molecule has 220 valence electrons. The maximum absolute atomic E-state index is 13.3. The molecule has 3 amide bonds. The van der Waals surface area contributed by atoms with Gasteiger partial charge in [-0.25, -0.2) is 4.79 Å². The number of carbonyl (C=O) groups excluding carboxylic acids is 4. The normalized spacial score (nSPS) is 14.3. The maximum atomic E-state index is 13.3. The predicted molar refractivity (Wildman–Crippen MR) is 169 cm³/mol. The van der Waals surface area contributed by atoms with Crippen LogP contribution in [0.4, 0.5) is 17.1 Å². The molecule has 0 unspecified atom stereocenters. The van der Waals surface area contributed by atoms with E-state index in [1.54, 1.807) is 23.1 Å².